The molecule has 4 aromatic rings. The number of piperidine rings is 1. The van der Waals surface area contributed by atoms with Crippen LogP contribution in [0, 0.1) is 17.8 Å². The van der Waals surface area contributed by atoms with Crippen LogP contribution in [-0.4, -0.2) is 58.6 Å². The summed E-state index contributed by atoms with van der Waals surface area (Å²) in [6, 6.07) is 21.1. The summed E-state index contributed by atoms with van der Waals surface area (Å²) >= 11 is 1.52. The van der Waals surface area contributed by atoms with E-state index in [-0.39, 0.29) is 17.6 Å². The van der Waals surface area contributed by atoms with E-state index in [1.807, 2.05) is 69.3 Å². The number of nitrogens with zero attached hydrogens (tertiary/aromatic N) is 1. The van der Waals surface area contributed by atoms with E-state index < -0.39 is 16.6 Å². The number of hydrogen-bond donors (Lipinski definition) is 0. The minimum Gasteiger partial charge on any atom is -0.492 e. The third-order valence-electron chi connectivity index (χ3n) is 10.2. The van der Waals surface area contributed by atoms with Crippen LogP contribution in [0.2, 0.25) is 5.21 Å². The average molecular weight is 688 g/mol. The Morgan fingerprint density at radius 2 is 1.54 bits per heavy atom. The number of rotatable bonds is 15. The summed E-state index contributed by atoms with van der Waals surface area (Å²) in [4.78, 5) is 30.8. The molecule has 0 amide bonds. The Morgan fingerprint density at radius 1 is 0.880 bits per heavy atom. The second-order valence-electron chi connectivity index (χ2n) is 15.6. The molecule has 1 aromatic heterocycles. The van der Waals surface area contributed by atoms with Gasteiger partial charge in [-0.3, -0.25) is 14.5 Å². The summed E-state index contributed by atoms with van der Waals surface area (Å²) in [6.07, 6.45) is 6.52. The first-order valence-corrected chi connectivity index (χ1v) is 18.9. The lowest BCUT2D eigenvalue weighted by molar-refractivity contribution is -0.137. The lowest BCUT2D eigenvalue weighted by Crippen LogP contribution is -2.38. The predicted molar refractivity (Wildman–Crippen MR) is 209 cm³/mol. The molecular weight excluding hydrogens is 636 g/mol. The number of ether oxygens (including phenoxy) is 2. The van der Waals surface area contributed by atoms with E-state index in [9.17, 15) is 9.59 Å². The molecule has 0 unspecified atom stereocenters. The molecule has 0 saturated carbocycles. The molecule has 5 nitrogen and oxygen atoms in total. The van der Waals surface area contributed by atoms with Gasteiger partial charge in [0.05, 0.1) is 22.1 Å². The first-order valence-electron chi connectivity index (χ1n) is 18.1. The molecule has 3 aromatic carbocycles. The molecule has 0 bridgehead atoms. The van der Waals surface area contributed by atoms with E-state index in [0.29, 0.717) is 29.9 Å². The standard InChI is InChI=1S/C42H51B2NO4S/c1-7-21-40(3,4)28-42(43,44)41(5,6)27-36(46)49-33-19-20-34-35(26-33)50-39(31-13-11-29(2)12-14-31)37(34)38(47)30-15-17-32(18-16-30)48-25-24-45-22-9-8-10-23-45/h11-20,26H,7-10,21-25,27-28H2,1-6H3. The highest BCUT2D eigenvalue weighted by atomic mass is 32.1. The van der Waals surface area contributed by atoms with E-state index >= 15 is 0 Å². The Labute approximate surface area is 306 Å². The molecule has 5 rings (SSSR count). The zero-order valence-corrected chi connectivity index (χ0v) is 31.6. The van der Waals surface area contributed by atoms with Gasteiger partial charge in [-0.15, -0.1) is 11.3 Å². The van der Waals surface area contributed by atoms with Gasteiger partial charge in [-0.05, 0) is 98.1 Å². The number of likely N-dealkylation sites (tertiary alicyclic amines) is 1. The average Bonchev–Trinajstić information content (AvgIpc) is 3.43. The maximum absolute atomic E-state index is 14.2. The molecule has 1 saturated heterocycles. The minimum atomic E-state index is -1.06. The second-order valence-corrected chi connectivity index (χ2v) is 16.7. The maximum Gasteiger partial charge on any atom is 0.311 e. The molecule has 8 heteroatoms. The lowest BCUT2D eigenvalue weighted by Gasteiger charge is -2.47. The van der Waals surface area contributed by atoms with E-state index in [4.69, 9.17) is 25.2 Å². The molecule has 1 fully saturated rings. The Kier molecular flexibility index (Phi) is 12.1. The van der Waals surface area contributed by atoms with Gasteiger partial charge in [-0.2, -0.15) is 0 Å². The van der Waals surface area contributed by atoms with Crippen LogP contribution in [-0.2, 0) is 4.79 Å². The molecule has 1 aliphatic rings. The molecule has 0 spiro atoms. The van der Waals surface area contributed by atoms with E-state index in [0.717, 1.165) is 64.3 Å². The van der Waals surface area contributed by atoms with Gasteiger partial charge >= 0.3 is 5.97 Å². The molecule has 2 heterocycles. The summed E-state index contributed by atoms with van der Waals surface area (Å²) in [5.41, 5.74) is 2.59. The third kappa shape index (κ3) is 9.30. The summed E-state index contributed by atoms with van der Waals surface area (Å²) in [5.74, 6) is 0.721. The van der Waals surface area contributed by atoms with Gasteiger partial charge in [0.25, 0.3) is 0 Å². The quantitative estimate of drug-likeness (QED) is 0.0539. The van der Waals surface area contributed by atoms with Crippen molar-refractivity contribution in [1.29, 1.82) is 0 Å². The molecule has 50 heavy (non-hydrogen) atoms. The van der Waals surface area contributed by atoms with Crippen molar-refractivity contribution in [2.24, 2.45) is 10.8 Å². The molecule has 0 N–H and O–H groups in total. The van der Waals surface area contributed by atoms with Crippen molar-refractivity contribution in [3.63, 3.8) is 0 Å². The molecule has 0 aliphatic carbocycles. The zero-order valence-electron chi connectivity index (χ0n) is 30.8. The Balaban J connectivity index is 1.35. The molecule has 260 valence electrons. The van der Waals surface area contributed by atoms with Gasteiger partial charge in [-0.1, -0.05) is 88.9 Å². The van der Waals surface area contributed by atoms with Crippen molar-refractivity contribution in [2.75, 3.05) is 26.2 Å². The van der Waals surface area contributed by atoms with Crippen LogP contribution < -0.4 is 9.47 Å². The first-order chi connectivity index (χ1) is 23.7. The van der Waals surface area contributed by atoms with Gasteiger partial charge in [0.15, 0.2) is 5.78 Å². The molecule has 4 radical (unpaired) electrons. The number of carbonyl (C=O) groups excluding carboxylic acids is 2. The van der Waals surface area contributed by atoms with Crippen LogP contribution >= 0.6 is 11.3 Å². The SMILES string of the molecule is [B]C([B])(CC(C)(C)CCC)C(C)(C)CC(=O)Oc1ccc2c(C(=O)c3ccc(OCCN4CCCCC4)cc3)c(-c3ccc(C)cc3)sc2c1. The van der Waals surface area contributed by atoms with Gasteiger partial charge in [0, 0.05) is 32.6 Å². The number of hydrogen-bond acceptors (Lipinski definition) is 6. The van der Waals surface area contributed by atoms with E-state index in [2.05, 4.69) is 37.8 Å². The molecule has 0 atom stereocenters. The van der Waals surface area contributed by atoms with Crippen molar-refractivity contribution < 1.29 is 19.1 Å². The maximum atomic E-state index is 14.2. The normalized spacial score (nSPS) is 14.5. The highest BCUT2D eigenvalue weighted by Gasteiger charge is 2.41. The molecule has 1 aliphatic heterocycles. The van der Waals surface area contributed by atoms with Gasteiger partial charge in [0.2, 0.25) is 0 Å². The van der Waals surface area contributed by atoms with Gasteiger partial charge in [-0.25, -0.2) is 0 Å². The minimum absolute atomic E-state index is 0.0453. The van der Waals surface area contributed by atoms with Crippen LogP contribution in [0.1, 0.15) is 101 Å². The van der Waals surface area contributed by atoms with Crippen LogP contribution in [0.25, 0.3) is 20.5 Å². The first kappa shape index (κ1) is 37.9. The van der Waals surface area contributed by atoms with Crippen molar-refractivity contribution in [3.8, 4) is 21.9 Å². The van der Waals surface area contributed by atoms with Crippen LogP contribution in [0.5, 0.6) is 11.5 Å². The van der Waals surface area contributed by atoms with E-state index in [1.54, 1.807) is 6.07 Å². The number of ketones is 1. The fourth-order valence-electron chi connectivity index (χ4n) is 7.09. The number of thiophene rings is 1. The monoisotopic (exact) mass is 687 g/mol. The third-order valence-corrected chi connectivity index (χ3v) is 11.4. The van der Waals surface area contributed by atoms with Crippen molar-refractivity contribution in [1.82, 2.24) is 4.90 Å². The fourth-order valence-corrected chi connectivity index (χ4v) is 8.32. The highest BCUT2D eigenvalue weighted by molar-refractivity contribution is 7.22. The van der Waals surface area contributed by atoms with Gasteiger partial charge in [0.1, 0.15) is 18.1 Å². The van der Waals surface area contributed by atoms with E-state index in [1.165, 1.54) is 30.6 Å². The number of benzene rings is 3. The highest BCUT2D eigenvalue weighted by Crippen LogP contribution is 2.51. The smallest absolute Gasteiger partial charge is 0.311 e. The zero-order chi connectivity index (χ0) is 36.1. The largest absolute Gasteiger partial charge is 0.492 e. The predicted octanol–water partition coefficient (Wildman–Crippen LogP) is 9.96. The van der Waals surface area contributed by atoms with Crippen molar-refractivity contribution >= 4 is 48.9 Å². The van der Waals surface area contributed by atoms with Crippen LogP contribution in [0.15, 0.2) is 66.7 Å². The van der Waals surface area contributed by atoms with Crippen LogP contribution in [0.3, 0.4) is 0 Å². The van der Waals surface area contributed by atoms with Crippen molar-refractivity contribution in [3.05, 3.63) is 83.4 Å². The second kappa shape index (κ2) is 15.9. The van der Waals surface area contributed by atoms with Gasteiger partial charge < -0.3 is 9.47 Å². The Bertz CT molecular complexity index is 1770. The Hall–Kier alpha value is -3.35. The Morgan fingerprint density at radius 3 is 2.20 bits per heavy atom. The number of fused-ring (bicyclic) bond motifs is 1. The van der Waals surface area contributed by atoms with Crippen molar-refractivity contribution in [2.45, 2.75) is 91.7 Å². The summed E-state index contributed by atoms with van der Waals surface area (Å²) < 4.78 is 12.8. The molecular formula is C42H51B2NO4S. The number of carbonyl (C=O) groups is 2. The summed E-state index contributed by atoms with van der Waals surface area (Å²) in [5, 5.41) is -0.239. The summed E-state index contributed by atoms with van der Waals surface area (Å²) in [7, 11) is 13.4. The summed E-state index contributed by atoms with van der Waals surface area (Å²) in [6.45, 7) is 16.2. The lowest BCUT2D eigenvalue weighted by atomic mass is 9.38. The fraction of sp³-hybridized carbons (Fsp3) is 0.476. The van der Waals surface area contributed by atoms with Crippen LogP contribution in [0.4, 0.5) is 0 Å². The topological polar surface area (TPSA) is 55.8 Å². The number of aryl methyl sites for hydroxylation is 1. The number of esters is 1.